The van der Waals surface area contributed by atoms with Gasteiger partial charge in [0, 0.05) is 32.9 Å². The summed E-state index contributed by atoms with van der Waals surface area (Å²) in [6.07, 6.45) is 0. The molecule has 1 aromatic heterocycles. The van der Waals surface area contributed by atoms with Crippen LogP contribution in [0.15, 0.2) is 39.6 Å². The summed E-state index contributed by atoms with van der Waals surface area (Å²) in [5, 5.41) is 8.60. The Kier molecular flexibility index (Phi) is 5.91. The number of hydrogen-bond donors (Lipinski definition) is 1. The molecule has 2 aromatic rings. The maximum Gasteiger partial charge on any atom is 0.341 e. The Labute approximate surface area is 156 Å². The normalized spacial score (nSPS) is 11.4. The Morgan fingerprint density at radius 3 is 2.26 bits per heavy atom. The Bertz CT molecular complexity index is 946. The summed E-state index contributed by atoms with van der Waals surface area (Å²) < 4.78 is 36.0. The molecule has 1 heterocycles. The van der Waals surface area contributed by atoms with Gasteiger partial charge < -0.3 is 19.2 Å². The van der Waals surface area contributed by atoms with Crippen molar-refractivity contribution in [1.82, 2.24) is 4.31 Å². The van der Waals surface area contributed by atoms with Crippen molar-refractivity contribution in [2.24, 2.45) is 0 Å². The monoisotopic (exact) mass is 396 g/mol. The molecule has 0 aliphatic carbocycles. The van der Waals surface area contributed by atoms with Crippen molar-refractivity contribution in [3.05, 3.63) is 41.9 Å². The molecule has 1 N–H and O–H groups in total. The van der Waals surface area contributed by atoms with Gasteiger partial charge in [0.05, 0.1) is 0 Å². The van der Waals surface area contributed by atoms with Gasteiger partial charge in [-0.05, 0) is 31.2 Å². The van der Waals surface area contributed by atoms with E-state index >= 15 is 0 Å². The quantitative estimate of drug-likeness (QED) is 0.755. The number of anilines is 1. The maximum atomic E-state index is 12.6. The summed E-state index contributed by atoms with van der Waals surface area (Å²) in [6, 6.07) is 7.40. The zero-order valence-electron chi connectivity index (χ0n) is 15.3. The van der Waals surface area contributed by atoms with Gasteiger partial charge in [-0.15, -0.1) is 0 Å². The van der Waals surface area contributed by atoms with Crippen LogP contribution in [0.1, 0.15) is 16.3 Å². The van der Waals surface area contributed by atoms with E-state index in [1.54, 1.807) is 12.1 Å². The number of ether oxygens (including phenoxy) is 1. The Balaban J connectivity index is 2.22. The second-order valence-electron chi connectivity index (χ2n) is 5.86. The molecule has 0 saturated carbocycles. The Morgan fingerprint density at radius 1 is 1.15 bits per heavy atom. The van der Waals surface area contributed by atoms with E-state index in [2.05, 4.69) is 0 Å². The lowest BCUT2D eigenvalue weighted by molar-refractivity contribution is -0.139. The van der Waals surface area contributed by atoms with Crippen LogP contribution in [0.4, 0.5) is 5.69 Å². The molecular formula is C17H20N2O7S. The molecule has 0 bridgehead atoms. The van der Waals surface area contributed by atoms with Crippen LogP contribution in [-0.4, -0.2) is 57.5 Å². The molecule has 27 heavy (non-hydrogen) atoms. The Hall–Kier alpha value is -2.85. The lowest BCUT2D eigenvalue weighted by Crippen LogP contribution is -2.26. The van der Waals surface area contributed by atoms with Gasteiger partial charge in [-0.25, -0.2) is 17.5 Å². The second-order valence-corrected chi connectivity index (χ2v) is 7.98. The molecule has 1 amide bonds. The topological polar surface area (TPSA) is 117 Å². The minimum atomic E-state index is -3.73. The molecule has 0 spiro atoms. The van der Waals surface area contributed by atoms with Crippen LogP contribution in [0.2, 0.25) is 0 Å². The van der Waals surface area contributed by atoms with E-state index < -0.39 is 28.5 Å². The SMILES string of the molecule is Cc1oc(C(=O)N(C)c2ccc(OCC(=O)O)cc2)cc1S(=O)(=O)N(C)C. The molecule has 9 nitrogen and oxygen atoms in total. The number of carbonyl (C=O) groups is 2. The number of hydrogen-bond acceptors (Lipinski definition) is 6. The van der Waals surface area contributed by atoms with E-state index in [0.717, 1.165) is 4.31 Å². The van der Waals surface area contributed by atoms with Crippen molar-refractivity contribution >= 4 is 27.6 Å². The fourth-order valence-corrected chi connectivity index (χ4v) is 3.27. The third-order valence-corrected chi connectivity index (χ3v) is 5.66. The number of furan rings is 1. The lowest BCUT2D eigenvalue weighted by Gasteiger charge is -2.16. The number of nitrogens with zero attached hydrogens (tertiary/aromatic N) is 2. The van der Waals surface area contributed by atoms with Gasteiger partial charge in [0.25, 0.3) is 5.91 Å². The summed E-state index contributed by atoms with van der Waals surface area (Å²) >= 11 is 0. The molecule has 0 unspecified atom stereocenters. The van der Waals surface area contributed by atoms with Gasteiger partial charge in [-0.1, -0.05) is 0 Å². The third-order valence-electron chi connectivity index (χ3n) is 3.73. The smallest absolute Gasteiger partial charge is 0.341 e. The Morgan fingerprint density at radius 2 is 1.74 bits per heavy atom. The second kappa shape index (κ2) is 7.80. The molecular weight excluding hydrogens is 376 g/mol. The molecule has 0 fully saturated rings. The molecule has 0 aliphatic rings. The van der Waals surface area contributed by atoms with E-state index in [4.69, 9.17) is 14.3 Å². The highest BCUT2D eigenvalue weighted by Gasteiger charge is 2.27. The van der Waals surface area contributed by atoms with Crippen molar-refractivity contribution in [3.63, 3.8) is 0 Å². The maximum absolute atomic E-state index is 12.6. The largest absolute Gasteiger partial charge is 0.482 e. The number of carbonyl (C=O) groups excluding carboxylic acids is 1. The van der Waals surface area contributed by atoms with Crippen LogP contribution in [0.3, 0.4) is 0 Å². The highest BCUT2D eigenvalue weighted by Crippen LogP contribution is 2.25. The van der Waals surface area contributed by atoms with Crippen molar-refractivity contribution in [2.45, 2.75) is 11.8 Å². The first-order chi connectivity index (χ1) is 12.5. The number of carboxylic acid groups (broad SMARTS) is 1. The summed E-state index contributed by atoms with van der Waals surface area (Å²) in [4.78, 5) is 24.3. The van der Waals surface area contributed by atoms with Crippen LogP contribution >= 0.6 is 0 Å². The van der Waals surface area contributed by atoms with Gasteiger partial charge in [0.1, 0.15) is 16.4 Å². The zero-order chi connectivity index (χ0) is 20.4. The first-order valence-corrected chi connectivity index (χ1v) is 9.23. The van der Waals surface area contributed by atoms with Crippen LogP contribution in [0.25, 0.3) is 0 Å². The molecule has 0 radical (unpaired) electrons. The summed E-state index contributed by atoms with van der Waals surface area (Å²) in [5.74, 6) is -1.27. The van der Waals surface area contributed by atoms with Crippen LogP contribution in [0, 0.1) is 6.92 Å². The molecule has 146 valence electrons. The van der Waals surface area contributed by atoms with Crippen LogP contribution < -0.4 is 9.64 Å². The number of aliphatic carboxylic acids is 1. The van der Waals surface area contributed by atoms with Crippen LogP contribution in [0.5, 0.6) is 5.75 Å². The predicted octanol–water partition coefficient (Wildman–Crippen LogP) is 1.58. The number of carboxylic acids is 1. The molecule has 0 aliphatic heterocycles. The number of amides is 1. The predicted molar refractivity (Wildman–Crippen MR) is 96.6 cm³/mol. The van der Waals surface area contributed by atoms with Gasteiger partial charge in [-0.3, -0.25) is 4.79 Å². The average molecular weight is 396 g/mol. The number of benzene rings is 1. The lowest BCUT2D eigenvalue weighted by atomic mass is 10.2. The number of sulfonamides is 1. The fraction of sp³-hybridized carbons (Fsp3) is 0.294. The highest BCUT2D eigenvalue weighted by atomic mass is 32.2. The van der Waals surface area contributed by atoms with Gasteiger partial charge in [0.15, 0.2) is 12.4 Å². The first-order valence-electron chi connectivity index (χ1n) is 7.79. The minimum Gasteiger partial charge on any atom is -0.482 e. The van der Waals surface area contributed by atoms with E-state index in [0.29, 0.717) is 11.4 Å². The van der Waals surface area contributed by atoms with Crippen molar-refractivity contribution in [1.29, 1.82) is 0 Å². The van der Waals surface area contributed by atoms with Gasteiger partial charge in [0.2, 0.25) is 10.0 Å². The summed E-state index contributed by atoms with van der Waals surface area (Å²) in [5.41, 5.74) is 0.494. The molecule has 1 aromatic carbocycles. The molecule has 10 heteroatoms. The molecule has 0 atom stereocenters. The third kappa shape index (κ3) is 4.47. The number of rotatable bonds is 7. The minimum absolute atomic E-state index is 0.0679. The standard InChI is InChI=1S/C17H20N2O7S/c1-11-15(27(23,24)18(2)3)9-14(26-11)17(22)19(4)12-5-7-13(8-6-12)25-10-16(20)21/h5-9H,10H2,1-4H3,(H,20,21). The van der Waals surface area contributed by atoms with Gasteiger partial charge >= 0.3 is 5.97 Å². The fourth-order valence-electron chi connectivity index (χ4n) is 2.22. The van der Waals surface area contributed by atoms with Crippen molar-refractivity contribution in [2.75, 3.05) is 32.6 Å². The zero-order valence-corrected chi connectivity index (χ0v) is 16.1. The van der Waals surface area contributed by atoms with E-state index in [-0.39, 0.29) is 16.4 Å². The van der Waals surface area contributed by atoms with Crippen LogP contribution in [-0.2, 0) is 14.8 Å². The van der Waals surface area contributed by atoms with Gasteiger partial charge in [-0.2, -0.15) is 0 Å². The van der Waals surface area contributed by atoms with Crippen molar-refractivity contribution in [3.8, 4) is 5.75 Å². The highest BCUT2D eigenvalue weighted by molar-refractivity contribution is 7.89. The summed E-state index contributed by atoms with van der Waals surface area (Å²) in [7, 11) is 0.567. The molecule has 2 rings (SSSR count). The van der Waals surface area contributed by atoms with E-state index in [9.17, 15) is 18.0 Å². The molecule has 0 saturated heterocycles. The first kappa shape index (κ1) is 20.5. The number of aryl methyl sites for hydroxylation is 1. The summed E-state index contributed by atoms with van der Waals surface area (Å²) in [6.45, 7) is 1.00. The van der Waals surface area contributed by atoms with Crippen molar-refractivity contribution < 1.29 is 32.3 Å². The van der Waals surface area contributed by atoms with E-state index in [1.165, 1.54) is 51.2 Å². The van der Waals surface area contributed by atoms with E-state index in [1.807, 2.05) is 0 Å². The average Bonchev–Trinajstić information content (AvgIpc) is 3.01.